The molecule has 53 heavy (non-hydrogen) atoms. The number of hydrogen-bond acceptors (Lipinski definition) is 1. The maximum Gasteiger partial charge on any atom is 0.0541 e. The molecule has 5 atom stereocenters. The second kappa shape index (κ2) is 12.0. The third-order valence-corrected chi connectivity index (χ3v) is 13.4. The lowest BCUT2D eigenvalue weighted by Gasteiger charge is -2.43. The van der Waals surface area contributed by atoms with Gasteiger partial charge in [0.15, 0.2) is 0 Å². The van der Waals surface area contributed by atoms with Gasteiger partial charge >= 0.3 is 0 Å². The lowest BCUT2D eigenvalue weighted by atomic mass is 9.63. The fraction of sp³-hybridized carbons (Fsp3) is 0.216. The summed E-state index contributed by atoms with van der Waals surface area (Å²) in [5, 5.41) is 5.09. The number of aromatic nitrogens is 1. The third-order valence-electron chi connectivity index (χ3n) is 13.4. The van der Waals surface area contributed by atoms with E-state index in [2.05, 4.69) is 180 Å². The first kappa shape index (κ1) is 31.0. The summed E-state index contributed by atoms with van der Waals surface area (Å²) in [6, 6.07) is 61.1. The van der Waals surface area contributed by atoms with Gasteiger partial charge in [-0.25, -0.2) is 0 Å². The predicted molar refractivity (Wildman–Crippen MR) is 223 cm³/mol. The van der Waals surface area contributed by atoms with Crippen LogP contribution >= 0.6 is 0 Å². The average molecular weight is 685 g/mol. The van der Waals surface area contributed by atoms with Crippen LogP contribution in [-0.2, 0) is 5.41 Å². The van der Waals surface area contributed by atoms with Gasteiger partial charge in [-0.05, 0) is 149 Å². The van der Waals surface area contributed by atoms with Crippen molar-refractivity contribution in [3.63, 3.8) is 0 Å². The highest BCUT2D eigenvalue weighted by molar-refractivity contribution is 6.09. The number of rotatable bonds is 6. The van der Waals surface area contributed by atoms with E-state index in [4.69, 9.17) is 0 Å². The van der Waals surface area contributed by atoms with Crippen molar-refractivity contribution in [1.82, 2.24) is 4.57 Å². The van der Waals surface area contributed by atoms with Crippen molar-refractivity contribution < 1.29 is 0 Å². The molecule has 0 spiro atoms. The standard InChI is InChI=1S/C51H44N2/c1-34-25-39-26-40-32-51(31-34,33-48(39)40)41-15-10-18-44(30-41)52(45-24-23-35-11-2-3-12-36(35)27-45)42-16-8-13-37(28-42)38-14-9-17-43(29-38)53-49-21-6-4-19-46(49)47-20-5-7-22-50(47)53/h2-24,27-30,34,39-40,48H,25-26,31-33H2,1H3/t34-,39?,40?,48+,51?/m0/s1. The summed E-state index contributed by atoms with van der Waals surface area (Å²) < 4.78 is 2.41. The van der Waals surface area contributed by atoms with Crippen LogP contribution in [0.4, 0.5) is 17.1 Å². The van der Waals surface area contributed by atoms with Gasteiger partial charge in [0.1, 0.15) is 0 Å². The van der Waals surface area contributed by atoms with Gasteiger partial charge in [0.05, 0.1) is 11.0 Å². The molecule has 3 aliphatic carbocycles. The molecule has 0 radical (unpaired) electrons. The predicted octanol–water partition coefficient (Wildman–Crippen LogP) is 13.8. The molecule has 3 aliphatic rings. The van der Waals surface area contributed by atoms with Crippen LogP contribution in [0.25, 0.3) is 49.4 Å². The Morgan fingerprint density at radius 2 is 1.17 bits per heavy atom. The first-order valence-electron chi connectivity index (χ1n) is 19.7. The van der Waals surface area contributed by atoms with Crippen molar-refractivity contribution in [1.29, 1.82) is 0 Å². The highest BCUT2D eigenvalue weighted by atomic mass is 15.1. The summed E-state index contributed by atoms with van der Waals surface area (Å²) >= 11 is 0. The minimum Gasteiger partial charge on any atom is -0.310 e. The summed E-state index contributed by atoms with van der Waals surface area (Å²) in [6.07, 6.45) is 6.97. The molecule has 3 unspecified atom stereocenters. The number of benzene rings is 7. The van der Waals surface area contributed by atoms with Gasteiger partial charge in [-0.1, -0.05) is 110 Å². The van der Waals surface area contributed by atoms with Crippen LogP contribution in [0.15, 0.2) is 164 Å². The zero-order valence-electron chi connectivity index (χ0n) is 30.3. The molecule has 7 aromatic carbocycles. The SMILES string of the molecule is C[C@H]1CC2CC3CC(c4cccc(N(c5cccc(-c6cccc(-n7c8ccccc8c8ccccc87)c6)c5)c5ccc6ccccc6c5)c4)(C1)C[C@H]23. The molecule has 3 saturated carbocycles. The molecule has 2 nitrogen and oxygen atoms in total. The van der Waals surface area contributed by atoms with Crippen LogP contribution in [0.1, 0.15) is 44.6 Å². The van der Waals surface area contributed by atoms with Crippen molar-refractivity contribution in [3.05, 3.63) is 169 Å². The van der Waals surface area contributed by atoms with E-state index in [1.165, 1.54) is 98.6 Å². The molecule has 258 valence electrons. The van der Waals surface area contributed by atoms with E-state index in [1.54, 1.807) is 5.56 Å². The van der Waals surface area contributed by atoms with Crippen molar-refractivity contribution >= 4 is 49.6 Å². The van der Waals surface area contributed by atoms with Gasteiger partial charge in [0.25, 0.3) is 0 Å². The topological polar surface area (TPSA) is 8.17 Å². The summed E-state index contributed by atoms with van der Waals surface area (Å²) in [5.74, 6) is 3.63. The molecule has 0 amide bonds. The van der Waals surface area contributed by atoms with E-state index in [9.17, 15) is 0 Å². The van der Waals surface area contributed by atoms with Gasteiger partial charge in [-0.3, -0.25) is 0 Å². The molecule has 0 N–H and O–H groups in total. The first-order valence-corrected chi connectivity index (χ1v) is 19.7. The van der Waals surface area contributed by atoms with Gasteiger partial charge in [0.2, 0.25) is 0 Å². The minimum absolute atomic E-state index is 0.306. The fourth-order valence-electron chi connectivity index (χ4n) is 11.2. The largest absolute Gasteiger partial charge is 0.310 e. The number of para-hydroxylation sites is 2. The van der Waals surface area contributed by atoms with E-state index >= 15 is 0 Å². The molecule has 0 saturated heterocycles. The summed E-state index contributed by atoms with van der Waals surface area (Å²) in [7, 11) is 0. The maximum atomic E-state index is 2.56. The Morgan fingerprint density at radius 3 is 1.98 bits per heavy atom. The number of anilines is 3. The Kier molecular flexibility index (Phi) is 6.99. The van der Waals surface area contributed by atoms with Crippen molar-refractivity contribution in [2.24, 2.45) is 23.7 Å². The van der Waals surface area contributed by atoms with Crippen LogP contribution < -0.4 is 4.90 Å². The summed E-state index contributed by atoms with van der Waals surface area (Å²) in [4.78, 5) is 2.50. The summed E-state index contributed by atoms with van der Waals surface area (Å²) in [6.45, 7) is 2.52. The Balaban J connectivity index is 1.04. The molecule has 2 bridgehead atoms. The number of hydrogen-bond donors (Lipinski definition) is 0. The van der Waals surface area contributed by atoms with Crippen molar-refractivity contribution in [2.45, 2.75) is 44.4 Å². The second-order valence-electron chi connectivity index (χ2n) is 16.5. The van der Waals surface area contributed by atoms with Crippen molar-refractivity contribution in [3.8, 4) is 16.8 Å². The van der Waals surface area contributed by atoms with E-state index in [0.717, 1.165) is 23.7 Å². The number of nitrogens with zero attached hydrogens (tertiary/aromatic N) is 2. The normalized spacial score (nSPS) is 23.3. The maximum absolute atomic E-state index is 2.56. The summed E-state index contributed by atoms with van der Waals surface area (Å²) in [5.41, 5.74) is 11.5. The third kappa shape index (κ3) is 4.99. The van der Waals surface area contributed by atoms with Crippen LogP contribution in [0.5, 0.6) is 0 Å². The Labute approximate surface area is 312 Å². The van der Waals surface area contributed by atoms with Crippen LogP contribution in [0.3, 0.4) is 0 Å². The second-order valence-corrected chi connectivity index (χ2v) is 16.5. The monoisotopic (exact) mass is 684 g/mol. The highest BCUT2D eigenvalue weighted by Gasteiger charge is 2.57. The zero-order valence-corrected chi connectivity index (χ0v) is 30.3. The van der Waals surface area contributed by atoms with Crippen LogP contribution in [0.2, 0.25) is 0 Å². The van der Waals surface area contributed by atoms with E-state index in [-0.39, 0.29) is 0 Å². The minimum atomic E-state index is 0.306. The molecule has 8 aromatic rings. The molecular weight excluding hydrogens is 641 g/mol. The number of fused-ring (bicyclic) bond motifs is 5. The Bertz CT molecular complexity index is 2620. The van der Waals surface area contributed by atoms with Gasteiger partial charge in [0, 0.05) is 33.5 Å². The van der Waals surface area contributed by atoms with E-state index in [1.807, 2.05) is 0 Å². The quantitative estimate of drug-likeness (QED) is 0.169. The van der Waals surface area contributed by atoms with E-state index < -0.39 is 0 Å². The molecule has 3 fully saturated rings. The Morgan fingerprint density at radius 1 is 0.509 bits per heavy atom. The lowest BCUT2D eigenvalue weighted by Crippen LogP contribution is -2.34. The lowest BCUT2D eigenvalue weighted by molar-refractivity contribution is 0.0780. The van der Waals surface area contributed by atoms with Crippen LogP contribution in [0, 0.1) is 23.7 Å². The molecule has 0 aliphatic heterocycles. The molecular formula is C51H44N2. The van der Waals surface area contributed by atoms with Gasteiger partial charge in [-0.15, -0.1) is 0 Å². The highest BCUT2D eigenvalue weighted by Crippen LogP contribution is 2.65. The van der Waals surface area contributed by atoms with Crippen LogP contribution in [-0.4, -0.2) is 4.57 Å². The zero-order chi connectivity index (χ0) is 35.1. The fourth-order valence-corrected chi connectivity index (χ4v) is 11.2. The van der Waals surface area contributed by atoms with Gasteiger partial charge in [-0.2, -0.15) is 0 Å². The smallest absolute Gasteiger partial charge is 0.0541 e. The average Bonchev–Trinajstić information content (AvgIpc) is 3.65. The van der Waals surface area contributed by atoms with Gasteiger partial charge < -0.3 is 9.47 Å². The first-order chi connectivity index (χ1) is 26.1. The molecule has 1 heterocycles. The Hall–Kier alpha value is -5.60. The molecule has 2 heteroatoms. The van der Waals surface area contributed by atoms with Crippen molar-refractivity contribution in [2.75, 3.05) is 4.90 Å². The molecule has 1 aromatic heterocycles. The van der Waals surface area contributed by atoms with E-state index in [0.29, 0.717) is 5.41 Å². The molecule has 11 rings (SSSR count).